The van der Waals surface area contributed by atoms with Crippen molar-refractivity contribution in [3.8, 4) is 17.4 Å². The van der Waals surface area contributed by atoms with Crippen molar-refractivity contribution < 1.29 is 28.5 Å². The first kappa shape index (κ1) is 23.4. The number of fused-ring (bicyclic) bond motifs is 2. The number of methoxy groups -OCH3 is 1. The number of hydrogen-bond donors (Lipinski definition) is 1. The minimum atomic E-state index is -0.518. The van der Waals surface area contributed by atoms with Gasteiger partial charge < -0.3 is 24.3 Å². The highest BCUT2D eigenvalue weighted by atomic mass is 16.6. The number of aromatic nitrogens is 2. The maximum Gasteiger partial charge on any atom is 0.414 e. The van der Waals surface area contributed by atoms with E-state index in [1.165, 1.54) is 4.90 Å². The van der Waals surface area contributed by atoms with Gasteiger partial charge in [0.2, 0.25) is 11.8 Å². The van der Waals surface area contributed by atoms with Crippen LogP contribution in [0.2, 0.25) is 0 Å². The van der Waals surface area contributed by atoms with E-state index >= 15 is 0 Å². The van der Waals surface area contributed by atoms with Gasteiger partial charge in [-0.3, -0.25) is 14.7 Å². The van der Waals surface area contributed by atoms with Crippen LogP contribution in [0.3, 0.4) is 0 Å². The fourth-order valence-corrected chi connectivity index (χ4v) is 4.22. The zero-order valence-corrected chi connectivity index (χ0v) is 20.0. The van der Waals surface area contributed by atoms with Crippen molar-refractivity contribution in [3.63, 3.8) is 0 Å². The van der Waals surface area contributed by atoms with Gasteiger partial charge in [0.25, 0.3) is 0 Å². The SMILES string of the molecule is CCNC(=O)C(=Cc1ccnc2ccc(OC)nc12)C[C@@H]1CN(c2ccc3c(c2)OCCO3)C(=O)O1. The Kier molecular flexibility index (Phi) is 6.57. The highest BCUT2D eigenvalue weighted by Gasteiger charge is 2.34. The fourth-order valence-electron chi connectivity index (χ4n) is 4.22. The Morgan fingerprint density at radius 3 is 2.83 bits per heavy atom. The van der Waals surface area contributed by atoms with Gasteiger partial charge in [-0.05, 0) is 37.3 Å². The normalized spacial score (nSPS) is 17.2. The number of cyclic esters (lactones) is 1. The molecule has 10 nitrogen and oxygen atoms in total. The summed E-state index contributed by atoms with van der Waals surface area (Å²) in [5.41, 5.74) is 3.12. The van der Waals surface area contributed by atoms with Crippen molar-refractivity contribution in [1.29, 1.82) is 0 Å². The van der Waals surface area contributed by atoms with Crippen LogP contribution in [0.1, 0.15) is 18.9 Å². The second-order valence-corrected chi connectivity index (χ2v) is 8.30. The van der Waals surface area contributed by atoms with Crippen LogP contribution in [0.15, 0.2) is 48.2 Å². The van der Waals surface area contributed by atoms with E-state index in [-0.39, 0.29) is 12.3 Å². The van der Waals surface area contributed by atoms with Crippen LogP contribution in [-0.4, -0.2) is 61.5 Å². The van der Waals surface area contributed by atoms with Gasteiger partial charge in [0.15, 0.2) is 11.5 Å². The third-order valence-corrected chi connectivity index (χ3v) is 5.92. The fraction of sp³-hybridized carbons (Fsp3) is 0.308. The molecule has 1 fully saturated rings. The van der Waals surface area contributed by atoms with E-state index in [0.29, 0.717) is 71.5 Å². The molecule has 36 heavy (non-hydrogen) atoms. The molecule has 0 unspecified atom stereocenters. The molecule has 2 aromatic heterocycles. The molecule has 5 rings (SSSR count). The van der Waals surface area contributed by atoms with Crippen molar-refractivity contribution in [2.24, 2.45) is 0 Å². The quantitative estimate of drug-likeness (QED) is 0.502. The van der Waals surface area contributed by atoms with Crippen molar-refractivity contribution in [1.82, 2.24) is 15.3 Å². The number of nitrogens with one attached hydrogen (secondary N) is 1. The molecule has 2 amide bonds. The molecule has 2 aliphatic rings. The first-order chi connectivity index (χ1) is 17.6. The molecule has 0 bridgehead atoms. The van der Waals surface area contributed by atoms with Crippen LogP contribution in [0.25, 0.3) is 17.1 Å². The van der Waals surface area contributed by atoms with E-state index in [2.05, 4.69) is 15.3 Å². The third kappa shape index (κ3) is 4.74. The molecule has 4 heterocycles. The van der Waals surface area contributed by atoms with E-state index < -0.39 is 12.2 Å². The maximum atomic E-state index is 13.0. The average Bonchev–Trinajstić information content (AvgIpc) is 3.27. The Hall–Kier alpha value is -4.34. The standard InChI is InChI=1S/C26H26N4O6/c1-3-27-25(31)17(12-16-8-9-28-20-5-7-23(33-2)29-24(16)20)13-19-15-30(26(32)36-19)18-4-6-21-22(14-18)35-11-10-34-21/h4-9,12,14,19H,3,10-11,13,15H2,1-2H3,(H,27,31)/t19-/m1/s1. The first-order valence-corrected chi connectivity index (χ1v) is 11.7. The van der Waals surface area contributed by atoms with E-state index in [1.54, 1.807) is 49.7 Å². The van der Waals surface area contributed by atoms with E-state index in [9.17, 15) is 9.59 Å². The van der Waals surface area contributed by atoms with Crippen molar-refractivity contribution >= 4 is 34.8 Å². The van der Waals surface area contributed by atoms with E-state index in [4.69, 9.17) is 18.9 Å². The van der Waals surface area contributed by atoms with Gasteiger partial charge in [0.05, 0.1) is 30.4 Å². The van der Waals surface area contributed by atoms with Gasteiger partial charge in [0.1, 0.15) is 19.3 Å². The van der Waals surface area contributed by atoms with Gasteiger partial charge in [-0.15, -0.1) is 0 Å². The molecule has 1 saturated heterocycles. The van der Waals surface area contributed by atoms with Crippen molar-refractivity contribution in [3.05, 3.63) is 53.7 Å². The summed E-state index contributed by atoms with van der Waals surface area (Å²) in [5, 5.41) is 2.85. The predicted molar refractivity (Wildman–Crippen MR) is 132 cm³/mol. The first-order valence-electron chi connectivity index (χ1n) is 11.7. The summed E-state index contributed by atoms with van der Waals surface area (Å²) >= 11 is 0. The Labute approximate surface area is 207 Å². The summed E-state index contributed by atoms with van der Waals surface area (Å²) in [6.45, 7) is 3.55. The van der Waals surface area contributed by atoms with Crippen LogP contribution < -0.4 is 24.4 Å². The van der Waals surface area contributed by atoms with Gasteiger partial charge in [-0.2, -0.15) is 0 Å². The van der Waals surface area contributed by atoms with Gasteiger partial charge >= 0.3 is 6.09 Å². The van der Waals surface area contributed by atoms with Gasteiger partial charge in [-0.1, -0.05) is 0 Å². The summed E-state index contributed by atoms with van der Waals surface area (Å²) in [7, 11) is 1.54. The summed E-state index contributed by atoms with van der Waals surface area (Å²) in [6, 6.07) is 10.7. The molecule has 1 atom stereocenters. The molecule has 0 spiro atoms. The topological polar surface area (TPSA) is 112 Å². The number of carbonyl (C=O) groups excluding carboxylic acids is 2. The molecule has 0 radical (unpaired) electrons. The molecular formula is C26H26N4O6. The second kappa shape index (κ2) is 10.1. The number of benzene rings is 1. The van der Waals surface area contributed by atoms with E-state index in [0.717, 1.165) is 0 Å². The average molecular weight is 491 g/mol. The number of pyridine rings is 2. The zero-order valence-electron chi connectivity index (χ0n) is 20.0. The van der Waals surface area contributed by atoms with Crippen LogP contribution in [0.4, 0.5) is 10.5 Å². The predicted octanol–water partition coefficient (Wildman–Crippen LogP) is 3.34. The number of rotatable bonds is 7. The minimum Gasteiger partial charge on any atom is -0.486 e. The molecule has 1 N–H and O–H groups in total. The second-order valence-electron chi connectivity index (χ2n) is 8.30. The number of likely N-dealkylation sites (N-methyl/N-ethyl adjacent to an activating group) is 1. The Bertz CT molecular complexity index is 1340. The maximum absolute atomic E-state index is 13.0. The number of nitrogens with zero attached hydrogens (tertiary/aromatic N) is 3. The summed E-state index contributed by atoms with van der Waals surface area (Å²) in [4.78, 5) is 36.1. The van der Waals surface area contributed by atoms with Crippen LogP contribution in [0, 0.1) is 0 Å². The highest BCUT2D eigenvalue weighted by molar-refractivity contribution is 6.00. The van der Waals surface area contributed by atoms with Gasteiger partial charge in [-0.25, -0.2) is 9.78 Å². The van der Waals surface area contributed by atoms with Gasteiger partial charge in [0, 0.05) is 42.4 Å². The molecule has 0 aliphatic carbocycles. The Morgan fingerprint density at radius 2 is 2.03 bits per heavy atom. The lowest BCUT2D eigenvalue weighted by Gasteiger charge is -2.21. The van der Waals surface area contributed by atoms with E-state index in [1.807, 2.05) is 13.0 Å². The molecular weight excluding hydrogens is 464 g/mol. The Morgan fingerprint density at radius 1 is 1.19 bits per heavy atom. The number of anilines is 1. The molecule has 10 heteroatoms. The van der Waals surface area contributed by atoms with Crippen LogP contribution in [0.5, 0.6) is 17.4 Å². The third-order valence-electron chi connectivity index (χ3n) is 5.92. The van der Waals surface area contributed by atoms with Crippen molar-refractivity contribution in [2.45, 2.75) is 19.4 Å². The smallest absolute Gasteiger partial charge is 0.414 e. The molecule has 3 aromatic rings. The summed E-state index contributed by atoms with van der Waals surface area (Å²) in [6.07, 6.45) is 2.66. The van der Waals surface area contributed by atoms with Crippen molar-refractivity contribution in [2.75, 3.05) is 38.3 Å². The summed E-state index contributed by atoms with van der Waals surface area (Å²) < 4.78 is 22.1. The Balaban J connectivity index is 1.41. The summed E-state index contributed by atoms with van der Waals surface area (Å²) in [5.74, 6) is 1.44. The minimum absolute atomic E-state index is 0.229. The monoisotopic (exact) mass is 490 g/mol. The zero-order chi connectivity index (χ0) is 25.1. The lowest BCUT2D eigenvalue weighted by Crippen LogP contribution is -2.28. The van der Waals surface area contributed by atoms with Crippen LogP contribution in [-0.2, 0) is 9.53 Å². The molecule has 186 valence electrons. The van der Waals surface area contributed by atoms with Crippen LogP contribution >= 0.6 is 0 Å². The highest BCUT2D eigenvalue weighted by Crippen LogP contribution is 2.36. The number of amides is 2. The molecule has 0 saturated carbocycles. The number of hydrogen-bond acceptors (Lipinski definition) is 8. The molecule has 2 aliphatic heterocycles. The lowest BCUT2D eigenvalue weighted by molar-refractivity contribution is -0.117. The largest absolute Gasteiger partial charge is 0.486 e. The lowest BCUT2D eigenvalue weighted by atomic mass is 10.0. The number of ether oxygens (including phenoxy) is 4. The number of carbonyl (C=O) groups is 2. The molecule has 1 aromatic carbocycles.